The first-order valence-corrected chi connectivity index (χ1v) is 6.80. The van der Waals surface area contributed by atoms with E-state index in [4.69, 9.17) is 9.47 Å². The van der Waals surface area contributed by atoms with Crippen LogP contribution in [-0.2, 0) is 6.54 Å². The summed E-state index contributed by atoms with van der Waals surface area (Å²) in [5.41, 5.74) is 0.967. The average molecular weight is 263 g/mol. The van der Waals surface area contributed by atoms with E-state index in [1.807, 2.05) is 6.07 Å². The summed E-state index contributed by atoms with van der Waals surface area (Å²) in [4.78, 5) is 6.93. The zero-order valence-electron chi connectivity index (χ0n) is 11.6. The molecular formula is C14H21N3O2. The molecule has 2 saturated heterocycles. The topological polar surface area (TPSA) is 46.6 Å². The molecule has 0 bridgehead atoms. The lowest BCUT2D eigenvalue weighted by atomic mass is 10.0. The molecule has 2 aliphatic heterocycles. The second kappa shape index (κ2) is 5.35. The summed E-state index contributed by atoms with van der Waals surface area (Å²) in [5, 5.41) is 3.46. The summed E-state index contributed by atoms with van der Waals surface area (Å²) in [6.45, 7) is 5.46. The number of ether oxygens (including phenoxy) is 2. The fraction of sp³-hybridized carbons (Fsp3) is 0.643. The van der Waals surface area contributed by atoms with Gasteiger partial charge in [0.05, 0.1) is 14.2 Å². The van der Waals surface area contributed by atoms with Crippen molar-refractivity contribution in [1.82, 2.24) is 15.2 Å². The van der Waals surface area contributed by atoms with Crippen molar-refractivity contribution in [3.8, 4) is 11.5 Å². The molecule has 0 aromatic carbocycles. The smallest absolute Gasteiger partial charge is 0.183 e. The zero-order chi connectivity index (χ0) is 13.2. The maximum atomic E-state index is 5.45. The van der Waals surface area contributed by atoms with Gasteiger partial charge in [-0.2, -0.15) is 0 Å². The van der Waals surface area contributed by atoms with Crippen molar-refractivity contribution >= 4 is 0 Å². The highest BCUT2D eigenvalue weighted by Crippen LogP contribution is 2.32. The Morgan fingerprint density at radius 1 is 1.26 bits per heavy atom. The van der Waals surface area contributed by atoms with Crippen molar-refractivity contribution in [1.29, 1.82) is 0 Å². The van der Waals surface area contributed by atoms with Crippen LogP contribution in [0.2, 0.25) is 0 Å². The molecule has 2 aliphatic rings. The number of hydrogen-bond donors (Lipinski definition) is 1. The molecule has 1 N–H and O–H groups in total. The van der Waals surface area contributed by atoms with Gasteiger partial charge in [-0.3, -0.25) is 9.88 Å². The highest BCUT2D eigenvalue weighted by Gasteiger charge is 2.36. The van der Waals surface area contributed by atoms with Crippen molar-refractivity contribution < 1.29 is 9.47 Å². The van der Waals surface area contributed by atoms with Crippen molar-refractivity contribution in [2.75, 3.05) is 40.4 Å². The highest BCUT2D eigenvalue weighted by molar-refractivity contribution is 5.42. The van der Waals surface area contributed by atoms with Gasteiger partial charge in [-0.15, -0.1) is 0 Å². The molecule has 0 saturated carbocycles. The Labute approximate surface area is 113 Å². The molecule has 104 valence electrons. The number of pyridine rings is 1. The normalized spacial score (nSPS) is 26.4. The van der Waals surface area contributed by atoms with Crippen LogP contribution in [0.3, 0.4) is 0 Å². The van der Waals surface area contributed by atoms with E-state index in [1.165, 1.54) is 0 Å². The predicted octanol–water partition coefficient (Wildman–Crippen LogP) is 0.750. The van der Waals surface area contributed by atoms with Crippen LogP contribution in [-0.4, -0.2) is 50.3 Å². The zero-order valence-corrected chi connectivity index (χ0v) is 11.6. The number of fused-ring (bicyclic) bond motifs is 1. The summed E-state index contributed by atoms with van der Waals surface area (Å²) >= 11 is 0. The fourth-order valence-electron chi connectivity index (χ4n) is 3.26. The molecule has 3 heterocycles. The van der Waals surface area contributed by atoms with Crippen LogP contribution in [0.1, 0.15) is 5.69 Å². The Balaban J connectivity index is 1.73. The van der Waals surface area contributed by atoms with Crippen molar-refractivity contribution in [2.24, 2.45) is 11.8 Å². The van der Waals surface area contributed by atoms with Crippen LogP contribution < -0.4 is 14.8 Å². The van der Waals surface area contributed by atoms with E-state index in [-0.39, 0.29) is 0 Å². The van der Waals surface area contributed by atoms with Crippen LogP contribution in [0.5, 0.6) is 11.5 Å². The number of methoxy groups -OCH3 is 2. The molecule has 2 atom stereocenters. The molecule has 0 spiro atoms. The summed E-state index contributed by atoms with van der Waals surface area (Å²) in [6.07, 6.45) is 1.79. The molecule has 1 aromatic rings. The van der Waals surface area contributed by atoms with E-state index in [0.29, 0.717) is 0 Å². The first-order chi connectivity index (χ1) is 9.31. The molecule has 19 heavy (non-hydrogen) atoms. The van der Waals surface area contributed by atoms with Gasteiger partial charge in [-0.1, -0.05) is 0 Å². The van der Waals surface area contributed by atoms with Gasteiger partial charge in [-0.05, 0) is 24.9 Å². The Morgan fingerprint density at radius 2 is 2.00 bits per heavy atom. The average Bonchev–Trinajstić information content (AvgIpc) is 2.99. The van der Waals surface area contributed by atoms with Crippen LogP contribution in [0.25, 0.3) is 0 Å². The van der Waals surface area contributed by atoms with Crippen LogP contribution >= 0.6 is 0 Å². The maximum Gasteiger partial charge on any atom is 0.183 e. The minimum atomic E-state index is 0.758. The summed E-state index contributed by atoms with van der Waals surface area (Å²) < 4.78 is 10.8. The monoisotopic (exact) mass is 263 g/mol. The molecule has 0 radical (unpaired) electrons. The van der Waals surface area contributed by atoms with E-state index in [1.54, 1.807) is 20.4 Å². The minimum Gasteiger partial charge on any atom is -0.493 e. The third-order valence-electron chi connectivity index (χ3n) is 4.20. The molecule has 0 unspecified atom stereocenters. The molecule has 2 fully saturated rings. The van der Waals surface area contributed by atoms with E-state index >= 15 is 0 Å². The number of hydrogen-bond acceptors (Lipinski definition) is 5. The van der Waals surface area contributed by atoms with Gasteiger partial charge in [0.15, 0.2) is 11.5 Å². The Bertz CT molecular complexity index is 440. The minimum absolute atomic E-state index is 0.758. The van der Waals surface area contributed by atoms with Crippen molar-refractivity contribution in [3.63, 3.8) is 0 Å². The van der Waals surface area contributed by atoms with E-state index in [0.717, 1.165) is 61.8 Å². The Kier molecular flexibility index (Phi) is 3.57. The van der Waals surface area contributed by atoms with Crippen LogP contribution in [0.4, 0.5) is 0 Å². The number of rotatable bonds is 4. The second-order valence-corrected chi connectivity index (χ2v) is 5.37. The SMILES string of the molecule is COc1ccnc(CN2C[C@H]3CNC[C@H]3C2)c1OC. The summed E-state index contributed by atoms with van der Waals surface area (Å²) in [7, 11) is 3.33. The molecule has 1 aromatic heterocycles. The first-order valence-electron chi connectivity index (χ1n) is 6.80. The lowest BCUT2D eigenvalue weighted by Crippen LogP contribution is -2.26. The maximum absolute atomic E-state index is 5.45. The van der Waals surface area contributed by atoms with E-state index < -0.39 is 0 Å². The second-order valence-electron chi connectivity index (χ2n) is 5.37. The van der Waals surface area contributed by atoms with E-state index in [9.17, 15) is 0 Å². The van der Waals surface area contributed by atoms with Gasteiger partial charge in [-0.25, -0.2) is 0 Å². The van der Waals surface area contributed by atoms with Gasteiger partial charge in [0.2, 0.25) is 0 Å². The lowest BCUT2D eigenvalue weighted by Gasteiger charge is -2.18. The van der Waals surface area contributed by atoms with Crippen LogP contribution in [0, 0.1) is 11.8 Å². The van der Waals surface area contributed by atoms with Crippen molar-refractivity contribution in [3.05, 3.63) is 18.0 Å². The van der Waals surface area contributed by atoms with Gasteiger partial charge >= 0.3 is 0 Å². The first kappa shape index (κ1) is 12.7. The van der Waals surface area contributed by atoms with Crippen LogP contribution in [0.15, 0.2) is 12.3 Å². The van der Waals surface area contributed by atoms with Gasteiger partial charge < -0.3 is 14.8 Å². The molecule has 0 aliphatic carbocycles. The standard InChI is InChI=1S/C14H21N3O2/c1-18-13-3-4-16-12(14(13)19-2)9-17-7-10-5-15-6-11(10)8-17/h3-4,10-11,15H,5-9H2,1-2H3/t10-,11+. The summed E-state index contributed by atoms with van der Waals surface area (Å²) in [6, 6.07) is 1.84. The lowest BCUT2D eigenvalue weighted by molar-refractivity contribution is 0.288. The third-order valence-corrected chi connectivity index (χ3v) is 4.20. The number of nitrogens with one attached hydrogen (secondary N) is 1. The van der Waals surface area contributed by atoms with Crippen molar-refractivity contribution in [2.45, 2.75) is 6.54 Å². The largest absolute Gasteiger partial charge is 0.493 e. The molecular weight excluding hydrogens is 242 g/mol. The van der Waals surface area contributed by atoms with Gasteiger partial charge in [0.1, 0.15) is 5.69 Å². The molecule has 3 rings (SSSR count). The van der Waals surface area contributed by atoms with Gasteiger partial charge in [0, 0.05) is 31.9 Å². The Morgan fingerprint density at radius 3 is 2.63 bits per heavy atom. The molecule has 5 nitrogen and oxygen atoms in total. The van der Waals surface area contributed by atoms with Gasteiger partial charge in [0.25, 0.3) is 0 Å². The highest BCUT2D eigenvalue weighted by atomic mass is 16.5. The van der Waals surface area contributed by atoms with E-state index in [2.05, 4.69) is 15.2 Å². The predicted molar refractivity (Wildman–Crippen MR) is 72.5 cm³/mol. The number of likely N-dealkylation sites (tertiary alicyclic amines) is 1. The number of aromatic nitrogens is 1. The Hall–Kier alpha value is -1.33. The fourth-order valence-corrected chi connectivity index (χ4v) is 3.26. The number of nitrogens with zero attached hydrogens (tertiary/aromatic N) is 2. The quantitative estimate of drug-likeness (QED) is 0.868. The summed E-state index contributed by atoms with van der Waals surface area (Å²) in [5.74, 6) is 3.13. The third kappa shape index (κ3) is 2.40. The molecule has 5 heteroatoms. The molecule has 0 amide bonds.